The minimum absolute atomic E-state index is 0.209. The quantitative estimate of drug-likeness (QED) is 0.708. The number of carbonyl (C=O) groups is 2. The van der Waals surface area contributed by atoms with Crippen LogP contribution >= 0.6 is 0 Å². The Morgan fingerprint density at radius 3 is 2.29 bits per heavy atom. The number of rotatable bonds is 6. The third-order valence-electron chi connectivity index (χ3n) is 4.33. The Morgan fingerprint density at radius 2 is 1.61 bits per heavy atom. The van der Waals surface area contributed by atoms with Crippen molar-refractivity contribution in [2.24, 2.45) is 0 Å². The van der Waals surface area contributed by atoms with Crippen molar-refractivity contribution in [3.63, 3.8) is 0 Å². The number of ether oxygens (including phenoxy) is 2. The number of nitrogens with zero attached hydrogens (tertiary/aromatic N) is 2. The van der Waals surface area contributed by atoms with E-state index in [2.05, 4.69) is 4.90 Å². The van der Waals surface area contributed by atoms with E-state index in [1.807, 2.05) is 0 Å². The van der Waals surface area contributed by atoms with E-state index in [1.54, 1.807) is 17.0 Å². The summed E-state index contributed by atoms with van der Waals surface area (Å²) in [5.74, 6) is -1.55. The second-order valence-corrected chi connectivity index (χ2v) is 6.25. The molecule has 8 heteroatoms. The average Bonchev–Trinajstić information content (AvgIpc) is 2.71. The topological polar surface area (TPSA) is 59.1 Å². The molecule has 2 aromatic carbocycles. The van der Waals surface area contributed by atoms with E-state index in [1.165, 1.54) is 30.3 Å². The van der Waals surface area contributed by atoms with Crippen molar-refractivity contribution in [1.82, 2.24) is 4.90 Å². The minimum atomic E-state index is -0.706. The summed E-state index contributed by atoms with van der Waals surface area (Å²) in [5.41, 5.74) is 0.898. The standard InChI is InChI=1S/C20H20F2N2O4/c21-15-4-6-17(7-5-15)23-8-10-24(11-9-23)19(25)13-28-20(26)14-27-18-3-1-2-16(22)12-18/h1-7,12H,8-11,13-14H2. The van der Waals surface area contributed by atoms with Crippen molar-refractivity contribution in [2.45, 2.75) is 0 Å². The first-order chi connectivity index (χ1) is 13.5. The Kier molecular flexibility index (Phi) is 6.41. The largest absolute Gasteiger partial charge is 0.482 e. The van der Waals surface area contributed by atoms with Crippen LogP contribution in [0, 0.1) is 11.6 Å². The highest BCUT2D eigenvalue weighted by Gasteiger charge is 2.22. The molecule has 3 rings (SSSR count). The Bertz CT molecular complexity index is 821. The van der Waals surface area contributed by atoms with Crippen LogP contribution in [0.15, 0.2) is 48.5 Å². The lowest BCUT2D eigenvalue weighted by Gasteiger charge is -2.36. The van der Waals surface area contributed by atoms with Gasteiger partial charge in [-0.05, 0) is 36.4 Å². The molecule has 2 aromatic rings. The van der Waals surface area contributed by atoms with E-state index in [-0.39, 0.29) is 24.1 Å². The van der Waals surface area contributed by atoms with Gasteiger partial charge in [-0.1, -0.05) is 6.07 Å². The van der Waals surface area contributed by atoms with Crippen LogP contribution in [0.4, 0.5) is 14.5 Å². The summed E-state index contributed by atoms with van der Waals surface area (Å²) in [7, 11) is 0. The third-order valence-corrected chi connectivity index (χ3v) is 4.33. The molecule has 0 atom stereocenters. The number of piperazine rings is 1. The van der Waals surface area contributed by atoms with E-state index in [9.17, 15) is 18.4 Å². The third kappa shape index (κ3) is 5.42. The Labute approximate surface area is 161 Å². The highest BCUT2D eigenvalue weighted by atomic mass is 19.1. The van der Waals surface area contributed by atoms with Crippen LogP contribution < -0.4 is 9.64 Å². The summed E-state index contributed by atoms with van der Waals surface area (Å²) in [5, 5.41) is 0. The number of benzene rings is 2. The van der Waals surface area contributed by atoms with Gasteiger partial charge in [-0.15, -0.1) is 0 Å². The lowest BCUT2D eigenvalue weighted by atomic mass is 10.2. The van der Waals surface area contributed by atoms with Crippen LogP contribution in [0.1, 0.15) is 0 Å². The van der Waals surface area contributed by atoms with Crippen molar-refractivity contribution < 1.29 is 27.8 Å². The Morgan fingerprint density at radius 1 is 0.893 bits per heavy atom. The molecule has 6 nitrogen and oxygen atoms in total. The van der Waals surface area contributed by atoms with E-state index in [0.717, 1.165) is 11.8 Å². The van der Waals surface area contributed by atoms with Crippen LogP contribution in [0.5, 0.6) is 5.75 Å². The summed E-state index contributed by atoms with van der Waals surface area (Å²) in [4.78, 5) is 27.6. The number of esters is 1. The zero-order valence-corrected chi connectivity index (χ0v) is 15.1. The molecule has 0 radical (unpaired) electrons. The van der Waals surface area contributed by atoms with E-state index < -0.39 is 18.4 Å². The number of hydrogen-bond donors (Lipinski definition) is 0. The first kappa shape index (κ1) is 19.6. The van der Waals surface area contributed by atoms with Gasteiger partial charge in [0.2, 0.25) is 0 Å². The summed E-state index contributed by atoms with van der Waals surface area (Å²) in [6.07, 6.45) is 0. The molecule has 0 saturated carbocycles. The highest BCUT2D eigenvalue weighted by Crippen LogP contribution is 2.17. The first-order valence-corrected chi connectivity index (χ1v) is 8.83. The molecule has 1 fully saturated rings. The van der Waals surface area contributed by atoms with E-state index >= 15 is 0 Å². The van der Waals surface area contributed by atoms with Crippen LogP contribution in [0.2, 0.25) is 0 Å². The van der Waals surface area contributed by atoms with Crippen LogP contribution in [0.25, 0.3) is 0 Å². The predicted molar refractivity (Wildman–Crippen MR) is 98.0 cm³/mol. The van der Waals surface area contributed by atoms with Gasteiger partial charge < -0.3 is 19.3 Å². The molecule has 0 N–H and O–H groups in total. The molecular formula is C20H20F2N2O4. The molecule has 0 spiro atoms. The molecule has 0 unspecified atom stereocenters. The van der Waals surface area contributed by atoms with Gasteiger partial charge in [0.15, 0.2) is 13.2 Å². The van der Waals surface area contributed by atoms with Gasteiger partial charge in [0.25, 0.3) is 5.91 Å². The molecule has 28 heavy (non-hydrogen) atoms. The van der Waals surface area contributed by atoms with Crippen LogP contribution in [-0.4, -0.2) is 56.2 Å². The molecule has 0 aliphatic carbocycles. The lowest BCUT2D eigenvalue weighted by Crippen LogP contribution is -2.50. The maximum absolute atomic E-state index is 13.0. The van der Waals surface area contributed by atoms with Gasteiger partial charge in [0.05, 0.1) is 0 Å². The van der Waals surface area contributed by atoms with Gasteiger partial charge in [-0.2, -0.15) is 0 Å². The molecule has 1 saturated heterocycles. The molecule has 1 amide bonds. The molecule has 1 aliphatic rings. The van der Waals surface area contributed by atoms with Crippen molar-refractivity contribution in [1.29, 1.82) is 0 Å². The molecule has 148 valence electrons. The second kappa shape index (κ2) is 9.16. The number of halogens is 2. The fourth-order valence-electron chi connectivity index (χ4n) is 2.84. The van der Waals surface area contributed by atoms with Crippen molar-refractivity contribution in [3.05, 3.63) is 60.2 Å². The average molecular weight is 390 g/mol. The fraction of sp³-hybridized carbons (Fsp3) is 0.300. The molecule has 0 bridgehead atoms. The summed E-state index contributed by atoms with van der Waals surface area (Å²) >= 11 is 0. The monoisotopic (exact) mass is 390 g/mol. The van der Waals surface area contributed by atoms with Gasteiger partial charge in [0, 0.05) is 37.9 Å². The van der Waals surface area contributed by atoms with Crippen LogP contribution in [0.3, 0.4) is 0 Å². The Hall–Kier alpha value is -3.16. The highest BCUT2D eigenvalue weighted by molar-refractivity contribution is 5.81. The summed E-state index contributed by atoms with van der Waals surface area (Å²) < 4.78 is 36.1. The van der Waals surface area contributed by atoms with Gasteiger partial charge in [-0.25, -0.2) is 13.6 Å². The maximum Gasteiger partial charge on any atom is 0.344 e. The normalized spacial score (nSPS) is 13.9. The summed E-state index contributed by atoms with van der Waals surface area (Å²) in [6, 6.07) is 11.6. The zero-order valence-electron chi connectivity index (χ0n) is 15.1. The zero-order chi connectivity index (χ0) is 19.9. The van der Waals surface area contributed by atoms with Gasteiger partial charge in [-0.3, -0.25) is 4.79 Å². The van der Waals surface area contributed by atoms with Gasteiger partial charge >= 0.3 is 5.97 Å². The van der Waals surface area contributed by atoms with E-state index in [4.69, 9.17) is 9.47 Å². The lowest BCUT2D eigenvalue weighted by molar-refractivity contribution is -0.153. The number of anilines is 1. The molecule has 0 aromatic heterocycles. The minimum Gasteiger partial charge on any atom is -0.482 e. The maximum atomic E-state index is 13.0. The van der Waals surface area contributed by atoms with E-state index in [0.29, 0.717) is 26.2 Å². The number of hydrogen-bond acceptors (Lipinski definition) is 5. The van der Waals surface area contributed by atoms with Crippen LogP contribution in [-0.2, 0) is 14.3 Å². The molecule has 1 aliphatic heterocycles. The predicted octanol–water partition coefficient (Wildman–Crippen LogP) is 2.24. The number of amides is 1. The summed E-state index contributed by atoms with van der Waals surface area (Å²) in [6.45, 7) is 1.39. The first-order valence-electron chi connectivity index (χ1n) is 8.83. The van der Waals surface area contributed by atoms with Crippen molar-refractivity contribution >= 4 is 17.6 Å². The molecular weight excluding hydrogens is 370 g/mol. The SMILES string of the molecule is O=C(COc1cccc(F)c1)OCC(=O)N1CCN(c2ccc(F)cc2)CC1. The fourth-order valence-corrected chi connectivity index (χ4v) is 2.84. The Balaban J connectivity index is 1.38. The van der Waals surface area contributed by atoms with Gasteiger partial charge in [0.1, 0.15) is 17.4 Å². The second-order valence-electron chi connectivity index (χ2n) is 6.25. The van der Waals surface area contributed by atoms with Crippen molar-refractivity contribution in [3.8, 4) is 5.75 Å². The smallest absolute Gasteiger partial charge is 0.344 e. The van der Waals surface area contributed by atoms with Crippen molar-refractivity contribution in [2.75, 3.05) is 44.3 Å². The number of carbonyl (C=O) groups excluding carboxylic acids is 2. The molecule has 1 heterocycles.